The van der Waals surface area contributed by atoms with Crippen molar-refractivity contribution in [2.75, 3.05) is 13.7 Å². The molecule has 0 saturated heterocycles. The number of carbonyl (C=O) groups is 4. The van der Waals surface area contributed by atoms with Crippen molar-refractivity contribution in [1.82, 2.24) is 5.32 Å². The molecule has 0 aliphatic rings. The molecule has 4 atom stereocenters. The number of rotatable bonds is 14. The number of hydrogen-bond acceptors (Lipinski definition) is 9. The van der Waals surface area contributed by atoms with Crippen molar-refractivity contribution in [3.05, 3.63) is 59.7 Å². The Balaban J connectivity index is 2.22. The van der Waals surface area contributed by atoms with Crippen LogP contribution in [0.25, 0.3) is 0 Å². The van der Waals surface area contributed by atoms with Crippen LogP contribution in [0.5, 0.6) is 11.5 Å². The summed E-state index contributed by atoms with van der Waals surface area (Å²) >= 11 is 0. The van der Waals surface area contributed by atoms with E-state index in [1.54, 1.807) is 63.2 Å². The molecule has 0 radical (unpaired) electrons. The maximum absolute atomic E-state index is 12.8. The van der Waals surface area contributed by atoms with Gasteiger partial charge < -0.3 is 24.3 Å². The van der Waals surface area contributed by atoms with Crippen LogP contribution in [0.15, 0.2) is 48.5 Å². The van der Waals surface area contributed by atoms with E-state index >= 15 is 0 Å². The molecule has 1 N–H and O–H groups in total. The van der Waals surface area contributed by atoms with Crippen molar-refractivity contribution >= 4 is 23.9 Å². The minimum absolute atomic E-state index is 0.0449. The Bertz CT molecular complexity index is 1180. The van der Waals surface area contributed by atoms with E-state index in [0.717, 1.165) is 0 Å². The lowest BCUT2D eigenvalue weighted by Gasteiger charge is -2.21. The molecule has 0 heterocycles. The molecule has 0 bridgehead atoms. The van der Waals surface area contributed by atoms with Crippen molar-refractivity contribution < 1.29 is 38.1 Å². The van der Waals surface area contributed by atoms with Crippen molar-refractivity contribution in [1.29, 1.82) is 0 Å². The average molecular weight is 570 g/mol. The summed E-state index contributed by atoms with van der Waals surface area (Å²) < 4.78 is 21.8. The molecule has 9 heteroatoms. The van der Waals surface area contributed by atoms with Crippen molar-refractivity contribution in [2.45, 2.75) is 67.0 Å². The summed E-state index contributed by atoms with van der Waals surface area (Å²) in [6.45, 7) is 13.1. The normalized spacial score (nSPS) is 14.1. The molecule has 0 aromatic heterocycles. The van der Waals surface area contributed by atoms with Gasteiger partial charge in [0, 0.05) is 6.54 Å². The van der Waals surface area contributed by atoms with Gasteiger partial charge in [0.2, 0.25) is 0 Å². The highest BCUT2D eigenvalue weighted by Crippen LogP contribution is 2.31. The number of carbonyl (C=O) groups excluding carboxylic acids is 4. The topological polar surface area (TPSA) is 117 Å². The number of esters is 4. The van der Waals surface area contributed by atoms with Gasteiger partial charge in [-0.05, 0) is 55.0 Å². The zero-order valence-electron chi connectivity index (χ0n) is 25.3. The fourth-order valence-corrected chi connectivity index (χ4v) is 3.58. The van der Waals surface area contributed by atoms with E-state index in [4.69, 9.17) is 18.9 Å². The Morgan fingerprint density at radius 1 is 0.732 bits per heavy atom. The van der Waals surface area contributed by atoms with Crippen LogP contribution < -0.4 is 14.8 Å². The van der Waals surface area contributed by atoms with Crippen LogP contribution in [0.2, 0.25) is 0 Å². The molecule has 9 nitrogen and oxygen atoms in total. The smallest absolute Gasteiger partial charge is 0.338 e. The van der Waals surface area contributed by atoms with Crippen molar-refractivity contribution in [3.8, 4) is 11.5 Å². The van der Waals surface area contributed by atoms with Gasteiger partial charge in [0.05, 0.1) is 24.5 Å². The summed E-state index contributed by atoms with van der Waals surface area (Å²) in [5, 5.41) is 3.10. The Hall–Kier alpha value is -3.72. The molecule has 0 aliphatic carbocycles. The molecule has 0 fully saturated rings. The third-order valence-electron chi connectivity index (χ3n) is 7.07. The molecule has 2 aromatic carbocycles. The van der Waals surface area contributed by atoms with Gasteiger partial charge in [0.15, 0.2) is 11.5 Å². The van der Waals surface area contributed by atoms with Crippen LogP contribution in [0.4, 0.5) is 0 Å². The van der Waals surface area contributed by atoms with E-state index in [0.29, 0.717) is 11.1 Å². The second-order valence-corrected chi connectivity index (χ2v) is 11.0. The van der Waals surface area contributed by atoms with Gasteiger partial charge in [-0.1, -0.05) is 65.8 Å². The number of ether oxygens (including phenoxy) is 4. The first-order valence-electron chi connectivity index (χ1n) is 14.0. The maximum atomic E-state index is 12.8. The highest BCUT2D eigenvalue weighted by Gasteiger charge is 2.26. The van der Waals surface area contributed by atoms with E-state index < -0.39 is 36.0 Å². The first-order chi connectivity index (χ1) is 19.3. The van der Waals surface area contributed by atoms with Gasteiger partial charge in [0.1, 0.15) is 12.1 Å². The third-order valence-corrected chi connectivity index (χ3v) is 7.07. The van der Waals surface area contributed by atoms with E-state index in [1.165, 1.54) is 7.11 Å². The molecule has 41 heavy (non-hydrogen) atoms. The van der Waals surface area contributed by atoms with Gasteiger partial charge in [-0.2, -0.15) is 0 Å². The zero-order chi connectivity index (χ0) is 30.7. The second-order valence-electron chi connectivity index (χ2n) is 11.0. The lowest BCUT2D eigenvalue weighted by molar-refractivity contribution is -0.143. The first-order valence-corrected chi connectivity index (χ1v) is 14.0. The highest BCUT2D eigenvalue weighted by molar-refractivity contribution is 5.89. The number of benzene rings is 2. The summed E-state index contributed by atoms with van der Waals surface area (Å²) in [5.41, 5.74) is 1.07. The quantitative estimate of drug-likeness (QED) is 0.248. The maximum Gasteiger partial charge on any atom is 0.338 e. The van der Waals surface area contributed by atoms with Gasteiger partial charge in [-0.15, -0.1) is 0 Å². The highest BCUT2D eigenvalue weighted by atomic mass is 16.6. The predicted molar refractivity (Wildman–Crippen MR) is 155 cm³/mol. The SMILES string of the molecule is COC(=O)[C@H](Cc1ccc(OC(=O)C(C)C(C)C)c(OC(=O)C(C)C(C)C)c1)NCC(C)OC(=O)c1ccccc1. The summed E-state index contributed by atoms with van der Waals surface area (Å²) in [6, 6.07) is 12.7. The molecular formula is C32H43NO8. The van der Waals surface area contributed by atoms with E-state index in [-0.39, 0.29) is 48.1 Å². The van der Waals surface area contributed by atoms with Crippen molar-refractivity contribution in [2.24, 2.45) is 23.7 Å². The van der Waals surface area contributed by atoms with Crippen LogP contribution in [0, 0.1) is 23.7 Å². The summed E-state index contributed by atoms with van der Waals surface area (Å²) in [7, 11) is 1.29. The van der Waals surface area contributed by atoms with E-state index in [9.17, 15) is 19.2 Å². The Labute approximate surface area is 242 Å². The molecule has 224 valence electrons. The van der Waals surface area contributed by atoms with Crippen LogP contribution >= 0.6 is 0 Å². The summed E-state index contributed by atoms with van der Waals surface area (Å²) in [6.07, 6.45) is -0.360. The number of hydrogen-bond donors (Lipinski definition) is 1. The second kappa shape index (κ2) is 15.9. The van der Waals surface area contributed by atoms with E-state index in [2.05, 4.69) is 5.32 Å². The molecule has 0 saturated carbocycles. The largest absolute Gasteiger partial charge is 0.468 e. The fraction of sp³-hybridized carbons (Fsp3) is 0.500. The third kappa shape index (κ3) is 10.3. The fourth-order valence-electron chi connectivity index (χ4n) is 3.58. The predicted octanol–water partition coefficient (Wildman–Crippen LogP) is 5.00. The minimum atomic E-state index is -0.787. The molecule has 3 unspecified atom stereocenters. The molecule has 0 amide bonds. The molecule has 0 spiro atoms. The van der Waals surface area contributed by atoms with Crippen LogP contribution in [0.1, 0.15) is 64.4 Å². The van der Waals surface area contributed by atoms with Gasteiger partial charge in [-0.3, -0.25) is 14.4 Å². The van der Waals surface area contributed by atoms with Crippen LogP contribution in [-0.4, -0.2) is 49.7 Å². The minimum Gasteiger partial charge on any atom is -0.468 e. The molecular weight excluding hydrogens is 526 g/mol. The Kier molecular flexibility index (Phi) is 13.0. The number of methoxy groups -OCH3 is 1. The van der Waals surface area contributed by atoms with Crippen molar-refractivity contribution in [3.63, 3.8) is 0 Å². The Morgan fingerprint density at radius 2 is 1.29 bits per heavy atom. The lowest BCUT2D eigenvalue weighted by Crippen LogP contribution is -2.43. The van der Waals surface area contributed by atoms with Crippen LogP contribution in [-0.2, 0) is 30.3 Å². The van der Waals surface area contributed by atoms with Gasteiger partial charge >= 0.3 is 23.9 Å². The summed E-state index contributed by atoms with van der Waals surface area (Å²) in [4.78, 5) is 50.4. The number of nitrogens with one attached hydrogen (secondary N) is 1. The zero-order valence-corrected chi connectivity index (χ0v) is 25.3. The van der Waals surface area contributed by atoms with Crippen LogP contribution in [0.3, 0.4) is 0 Å². The van der Waals surface area contributed by atoms with Gasteiger partial charge in [-0.25, -0.2) is 4.79 Å². The van der Waals surface area contributed by atoms with E-state index in [1.807, 2.05) is 33.8 Å². The monoisotopic (exact) mass is 569 g/mol. The molecule has 0 aliphatic heterocycles. The standard InChI is InChI=1S/C32H43NO8/c1-19(2)22(6)29(34)40-27-15-14-24(17-28(27)41-30(35)23(7)20(3)4)16-26(32(37)38-8)33-18-21(5)39-31(36)25-12-10-9-11-13-25/h9-15,17,19-23,26,33H,16,18H2,1-8H3/t21?,22?,23?,26-/m0/s1. The first kappa shape index (κ1) is 33.5. The Morgan fingerprint density at radius 3 is 1.83 bits per heavy atom. The van der Waals surface area contributed by atoms with Gasteiger partial charge in [0.25, 0.3) is 0 Å². The average Bonchev–Trinajstić information content (AvgIpc) is 2.95. The molecule has 2 aromatic rings. The lowest BCUT2D eigenvalue weighted by atomic mass is 9.98. The summed E-state index contributed by atoms with van der Waals surface area (Å²) in [5.74, 6) is -2.29. The molecule has 2 rings (SSSR count).